The first-order valence-corrected chi connectivity index (χ1v) is 8.18. The van der Waals surface area contributed by atoms with Crippen molar-refractivity contribution >= 4 is 32.3 Å². The molecular formula is C15H16N4O2S. The second-order valence-corrected chi connectivity index (χ2v) is 6.51. The minimum atomic E-state index is -0.120. The summed E-state index contributed by atoms with van der Waals surface area (Å²) >= 11 is 1.39. The van der Waals surface area contributed by atoms with E-state index in [0.29, 0.717) is 27.5 Å². The molecule has 1 aliphatic heterocycles. The van der Waals surface area contributed by atoms with E-state index in [4.69, 9.17) is 4.74 Å². The minimum absolute atomic E-state index is 0.120. The summed E-state index contributed by atoms with van der Waals surface area (Å²) in [6.45, 7) is 3.51. The quantitative estimate of drug-likeness (QED) is 0.802. The highest BCUT2D eigenvalue weighted by atomic mass is 32.1. The summed E-state index contributed by atoms with van der Waals surface area (Å²) in [5.41, 5.74) is 1.63. The fourth-order valence-corrected chi connectivity index (χ4v) is 3.51. The predicted octanol–water partition coefficient (Wildman–Crippen LogP) is 2.20. The summed E-state index contributed by atoms with van der Waals surface area (Å²) in [6, 6.07) is 5.70. The summed E-state index contributed by atoms with van der Waals surface area (Å²) < 4.78 is 6.96. The molecule has 3 aromatic rings. The van der Waals surface area contributed by atoms with Crippen LogP contribution in [0.3, 0.4) is 0 Å². The number of benzene rings is 1. The van der Waals surface area contributed by atoms with Crippen LogP contribution in [0.2, 0.25) is 0 Å². The number of ether oxygens (including phenoxy) is 1. The second kappa shape index (κ2) is 5.33. The lowest BCUT2D eigenvalue weighted by Gasteiger charge is -2.08. The molecule has 1 N–H and O–H groups in total. The lowest BCUT2D eigenvalue weighted by Crippen LogP contribution is -2.19. The second-order valence-electron chi connectivity index (χ2n) is 5.56. The first-order chi connectivity index (χ1) is 10.7. The van der Waals surface area contributed by atoms with Crippen LogP contribution >= 0.6 is 11.3 Å². The van der Waals surface area contributed by atoms with Crippen LogP contribution in [-0.4, -0.2) is 33.9 Å². The van der Waals surface area contributed by atoms with Crippen LogP contribution in [0.1, 0.15) is 18.4 Å². The summed E-state index contributed by atoms with van der Waals surface area (Å²) in [6.07, 6.45) is 2.41. The van der Waals surface area contributed by atoms with E-state index in [0.717, 1.165) is 25.0 Å². The highest BCUT2D eigenvalue weighted by Gasteiger charge is 2.16. The zero-order chi connectivity index (χ0) is 15.1. The van der Waals surface area contributed by atoms with E-state index in [-0.39, 0.29) is 11.7 Å². The Morgan fingerprint density at radius 2 is 2.41 bits per heavy atom. The van der Waals surface area contributed by atoms with Crippen molar-refractivity contribution in [2.75, 3.05) is 18.5 Å². The Balaban J connectivity index is 1.71. The average Bonchev–Trinajstić information content (AvgIpc) is 3.15. The van der Waals surface area contributed by atoms with E-state index < -0.39 is 0 Å². The van der Waals surface area contributed by atoms with Gasteiger partial charge in [-0.15, -0.1) is 5.10 Å². The Labute approximate surface area is 130 Å². The lowest BCUT2D eigenvalue weighted by atomic mass is 10.2. The molecule has 0 bridgehead atoms. The monoisotopic (exact) mass is 316 g/mol. The van der Waals surface area contributed by atoms with Gasteiger partial charge in [0.1, 0.15) is 0 Å². The van der Waals surface area contributed by atoms with Crippen molar-refractivity contribution in [2.45, 2.75) is 25.9 Å². The minimum Gasteiger partial charge on any atom is -0.376 e. The van der Waals surface area contributed by atoms with Crippen LogP contribution in [0.4, 0.5) is 5.13 Å². The number of aryl methyl sites for hydroxylation is 1. The maximum absolute atomic E-state index is 12.5. The first-order valence-electron chi connectivity index (χ1n) is 7.36. The van der Waals surface area contributed by atoms with Gasteiger partial charge < -0.3 is 10.1 Å². The molecule has 0 saturated carbocycles. The van der Waals surface area contributed by atoms with Gasteiger partial charge in [-0.25, -0.2) is 4.98 Å². The normalized spacial score (nSPS) is 18.3. The largest absolute Gasteiger partial charge is 0.376 e. The Hall–Kier alpha value is -1.99. The number of anilines is 1. The topological polar surface area (TPSA) is 68.5 Å². The molecule has 6 nitrogen and oxygen atoms in total. The number of fused-ring (bicyclic) bond motifs is 2. The van der Waals surface area contributed by atoms with Crippen LogP contribution < -0.4 is 10.9 Å². The number of hydrogen-bond donors (Lipinski definition) is 1. The number of nitrogens with zero attached hydrogens (tertiary/aromatic N) is 3. The molecule has 0 aliphatic carbocycles. The molecule has 3 heterocycles. The molecule has 2 aromatic heterocycles. The Kier molecular flexibility index (Phi) is 3.31. The third kappa shape index (κ3) is 2.36. The van der Waals surface area contributed by atoms with Crippen molar-refractivity contribution < 1.29 is 4.74 Å². The van der Waals surface area contributed by atoms with Crippen molar-refractivity contribution in [3.63, 3.8) is 0 Å². The molecule has 0 spiro atoms. The van der Waals surface area contributed by atoms with Crippen molar-refractivity contribution in [1.29, 1.82) is 0 Å². The fraction of sp³-hybridized carbons (Fsp3) is 0.400. The third-order valence-electron chi connectivity index (χ3n) is 3.86. The molecule has 1 unspecified atom stereocenters. The van der Waals surface area contributed by atoms with Crippen LogP contribution in [0, 0.1) is 6.92 Å². The zero-order valence-corrected chi connectivity index (χ0v) is 13.0. The maximum atomic E-state index is 12.5. The fourth-order valence-electron chi connectivity index (χ4n) is 2.70. The van der Waals surface area contributed by atoms with Gasteiger partial charge in [-0.2, -0.15) is 4.52 Å². The van der Waals surface area contributed by atoms with Gasteiger partial charge in [-0.1, -0.05) is 23.0 Å². The molecule has 0 radical (unpaired) electrons. The molecule has 4 rings (SSSR count). The number of rotatable bonds is 3. The average molecular weight is 316 g/mol. The molecule has 1 aliphatic rings. The lowest BCUT2D eigenvalue weighted by molar-refractivity contribution is 0.120. The molecule has 1 atom stereocenters. The summed E-state index contributed by atoms with van der Waals surface area (Å²) in [5.74, 6) is 0. The maximum Gasteiger partial charge on any atom is 0.283 e. The number of hydrogen-bond acceptors (Lipinski definition) is 6. The van der Waals surface area contributed by atoms with Gasteiger partial charge in [0, 0.05) is 13.2 Å². The zero-order valence-electron chi connectivity index (χ0n) is 12.2. The molecule has 114 valence electrons. The summed E-state index contributed by atoms with van der Waals surface area (Å²) in [4.78, 5) is 17.7. The predicted molar refractivity (Wildman–Crippen MR) is 86.8 cm³/mol. The van der Waals surface area contributed by atoms with E-state index in [2.05, 4.69) is 15.4 Å². The smallest absolute Gasteiger partial charge is 0.283 e. The molecule has 7 heteroatoms. The summed E-state index contributed by atoms with van der Waals surface area (Å²) in [7, 11) is 0. The molecule has 1 saturated heterocycles. The highest BCUT2D eigenvalue weighted by Crippen LogP contribution is 2.20. The van der Waals surface area contributed by atoms with Crippen LogP contribution in [0.15, 0.2) is 23.0 Å². The standard InChI is InChI=1S/C15H16N4O2S/c1-9-4-5-12-11(7-9)13(20)19-15(17-12)22-14(18-19)16-8-10-3-2-6-21-10/h4-5,7,10H,2-3,6,8H2,1H3,(H,16,18). The molecule has 0 amide bonds. The number of aromatic nitrogens is 3. The Morgan fingerprint density at radius 3 is 3.23 bits per heavy atom. The van der Waals surface area contributed by atoms with E-state index in [9.17, 15) is 4.79 Å². The van der Waals surface area contributed by atoms with E-state index in [1.807, 2.05) is 25.1 Å². The van der Waals surface area contributed by atoms with Crippen molar-refractivity contribution in [3.8, 4) is 0 Å². The van der Waals surface area contributed by atoms with Crippen molar-refractivity contribution in [2.24, 2.45) is 0 Å². The molecular weight excluding hydrogens is 300 g/mol. The first kappa shape index (κ1) is 13.7. The van der Waals surface area contributed by atoms with Crippen LogP contribution in [0.5, 0.6) is 0 Å². The SMILES string of the molecule is Cc1ccc2nc3sc(NCC4CCCO4)nn3c(=O)c2c1. The molecule has 1 fully saturated rings. The van der Waals surface area contributed by atoms with Gasteiger partial charge in [-0.3, -0.25) is 4.79 Å². The molecule has 22 heavy (non-hydrogen) atoms. The van der Waals surface area contributed by atoms with Gasteiger partial charge in [-0.05, 0) is 31.9 Å². The van der Waals surface area contributed by atoms with Crippen molar-refractivity contribution in [1.82, 2.24) is 14.6 Å². The summed E-state index contributed by atoms with van der Waals surface area (Å²) in [5, 5.41) is 8.90. The molecule has 1 aromatic carbocycles. The van der Waals surface area contributed by atoms with Crippen LogP contribution in [0.25, 0.3) is 15.9 Å². The number of nitrogens with one attached hydrogen (secondary N) is 1. The van der Waals surface area contributed by atoms with Crippen LogP contribution in [-0.2, 0) is 4.74 Å². The van der Waals surface area contributed by atoms with E-state index in [1.54, 1.807) is 0 Å². The van der Waals surface area contributed by atoms with Gasteiger partial charge in [0.2, 0.25) is 10.1 Å². The van der Waals surface area contributed by atoms with E-state index >= 15 is 0 Å². The van der Waals surface area contributed by atoms with E-state index in [1.165, 1.54) is 15.9 Å². The van der Waals surface area contributed by atoms with Gasteiger partial charge >= 0.3 is 0 Å². The Morgan fingerprint density at radius 1 is 1.50 bits per heavy atom. The van der Waals surface area contributed by atoms with Gasteiger partial charge in [0.05, 0.1) is 17.0 Å². The third-order valence-corrected chi connectivity index (χ3v) is 4.72. The van der Waals surface area contributed by atoms with Gasteiger partial charge in [0.15, 0.2) is 0 Å². The van der Waals surface area contributed by atoms with Crippen molar-refractivity contribution in [3.05, 3.63) is 34.1 Å². The highest BCUT2D eigenvalue weighted by molar-refractivity contribution is 7.20. The Bertz CT molecular complexity index is 896. The van der Waals surface area contributed by atoms with Gasteiger partial charge in [0.25, 0.3) is 5.56 Å².